The van der Waals surface area contributed by atoms with Crippen molar-refractivity contribution in [3.63, 3.8) is 0 Å². The second-order valence-corrected chi connectivity index (χ2v) is 14.5. The smallest absolute Gasteiger partial charge is 0.286 e. The molecule has 0 aromatic heterocycles. The Kier molecular flexibility index (Phi) is 11.5. The number of rotatable bonds is 10. The summed E-state index contributed by atoms with van der Waals surface area (Å²) in [4.78, 5) is 15.8. The Hall–Kier alpha value is -2.65. The molecule has 4 rings (SSSR count). The molecule has 6 atom stereocenters. The molecule has 0 bridgehead atoms. The van der Waals surface area contributed by atoms with E-state index in [0.29, 0.717) is 42.7 Å². The first-order valence-corrected chi connectivity index (χ1v) is 17.2. The molecule has 234 valence electrons. The van der Waals surface area contributed by atoms with Gasteiger partial charge in [-0.1, -0.05) is 36.7 Å². The maximum absolute atomic E-state index is 13.5. The third-order valence-corrected chi connectivity index (χ3v) is 11.3. The molecule has 43 heavy (non-hydrogen) atoms. The van der Waals surface area contributed by atoms with Gasteiger partial charge in [-0.2, -0.15) is 0 Å². The van der Waals surface area contributed by atoms with Crippen LogP contribution in [0.2, 0.25) is 5.02 Å². The number of carbonyl (C=O) groups excluding carboxylic acids is 1. The van der Waals surface area contributed by atoms with Crippen molar-refractivity contribution < 1.29 is 18.5 Å². The van der Waals surface area contributed by atoms with Gasteiger partial charge in [0.25, 0.3) is 5.91 Å². The lowest BCUT2D eigenvalue weighted by Gasteiger charge is -2.43. The summed E-state index contributed by atoms with van der Waals surface area (Å²) in [5.41, 5.74) is 3.54. The molecule has 2 aromatic carbocycles. The number of amides is 1. The minimum Gasteiger partial charge on any atom is -0.491 e. The summed E-state index contributed by atoms with van der Waals surface area (Å²) >= 11 is 6.41. The Morgan fingerprint density at radius 1 is 1.21 bits per heavy atom. The van der Waals surface area contributed by atoms with Crippen molar-refractivity contribution in [2.45, 2.75) is 70.3 Å². The molecule has 1 heterocycles. The Balaban J connectivity index is 1.76. The Bertz CT molecular complexity index is 1440. The summed E-state index contributed by atoms with van der Waals surface area (Å²) in [6.07, 6.45) is 9.19. The molecule has 0 spiro atoms. The second kappa shape index (κ2) is 14.9. The van der Waals surface area contributed by atoms with E-state index in [9.17, 15) is 9.00 Å². The van der Waals surface area contributed by atoms with Crippen molar-refractivity contribution in [1.82, 2.24) is 0 Å². The zero-order valence-corrected chi connectivity index (χ0v) is 27.2. The van der Waals surface area contributed by atoms with Crippen molar-refractivity contribution in [3.05, 3.63) is 83.4 Å². The minimum atomic E-state index is -3.28. The third-order valence-electron chi connectivity index (χ3n) is 9.13. The molecule has 2 aliphatic rings. The molecule has 9 heteroatoms. The highest BCUT2D eigenvalue weighted by Crippen LogP contribution is 2.42. The first-order chi connectivity index (χ1) is 20.6. The van der Waals surface area contributed by atoms with E-state index in [4.69, 9.17) is 26.2 Å². The second-order valence-electron chi connectivity index (χ2n) is 11.9. The van der Waals surface area contributed by atoms with Crippen molar-refractivity contribution in [2.24, 2.45) is 27.3 Å². The molecule has 1 saturated carbocycles. The molecule has 0 saturated heterocycles. The van der Waals surface area contributed by atoms with Gasteiger partial charge in [0, 0.05) is 30.8 Å². The predicted molar refractivity (Wildman–Crippen MR) is 177 cm³/mol. The molecule has 0 radical (unpaired) electrons. The normalized spacial score (nSPS) is 22.1. The Morgan fingerprint density at radius 3 is 2.67 bits per heavy atom. The average Bonchev–Trinajstić information content (AvgIpc) is 3.00. The number of aryl methyl sites for hydroxylation is 1. The van der Waals surface area contributed by atoms with Crippen LogP contribution in [0.3, 0.4) is 0 Å². The van der Waals surface area contributed by atoms with E-state index >= 15 is 0 Å². The number of hydrogen-bond donors (Lipinski definition) is 1. The highest BCUT2D eigenvalue weighted by Gasteiger charge is 2.37. The van der Waals surface area contributed by atoms with Crippen LogP contribution in [0.1, 0.15) is 67.4 Å². The van der Waals surface area contributed by atoms with Gasteiger partial charge in [0.2, 0.25) is 0 Å². The standard InChI is InChI=1S/C34H46ClN3O4S/c1-6-10-23(3)24(4)43(36,40)37-34(39)26-14-17-33-31(20-26)38(22-28-13-16-30(28)32(7-2)41-5)21-27-12-15-29(35)19-25(27)11-8-9-18-42-33/h6-7,12,14-15,17,19-20,23-24,28,30,32H,1-2,8-11,13,16,18,21-22H2,3-5H3,(H2,36,37,39,40)/t23-,24+,28-,30+,32-,43?/m0/s1. The molecule has 1 aliphatic carbocycles. The van der Waals surface area contributed by atoms with E-state index in [2.05, 4.69) is 34.6 Å². The van der Waals surface area contributed by atoms with Crippen LogP contribution in [0.15, 0.2) is 66.1 Å². The van der Waals surface area contributed by atoms with Crippen LogP contribution in [0, 0.1) is 17.8 Å². The number of nitrogens with zero attached hydrogens (tertiary/aromatic N) is 2. The summed E-state index contributed by atoms with van der Waals surface area (Å²) in [5.74, 6) is 0.810. The van der Waals surface area contributed by atoms with Gasteiger partial charge in [0.15, 0.2) is 0 Å². The lowest BCUT2D eigenvalue weighted by atomic mass is 9.70. The number of benzene rings is 2. The Labute approximate surface area is 262 Å². The van der Waals surface area contributed by atoms with E-state index in [1.165, 1.54) is 11.1 Å². The van der Waals surface area contributed by atoms with E-state index < -0.39 is 21.1 Å². The van der Waals surface area contributed by atoms with Crippen LogP contribution in [0.25, 0.3) is 0 Å². The topological polar surface area (TPSA) is 94.2 Å². The van der Waals surface area contributed by atoms with Crippen molar-refractivity contribution in [2.75, 3.05) is 25.2 Å². The predicted octanol–water partition coefficient (Wildman–Crippen LogP) is 7.37. The van der Waals surface area contributed by atoms with Gasteiger partial charge in [-0.15, -0.1) is 17.5 Å². The van der Waals surface area contributed by atoms with Gasteiger partial charge in [0.1, 0.15) is 15.7 Å². The number of fused-ring (bicyclic) bond motifs is 2. The molecule has 1 unspecified atom stereocenters. The highest BCUT2D eigenvalue weighted by atomic mass is 35.5. The number of allylic oxidation sites excluding steroid dienone is 1. The van der Waals surface area contributed by atoms with Crippen LogP contribution in [-0.2, 0) is 27.6 Å². The highest BCUT2D eigenvalue weighted by molar-refractivity contribution is 7.92. The number of methoxy groups -OCH3 is 1. The first-order valence-electron chi connectivity index (χ1n) is 15.2. The fraction of sp³-hybridized carbons (Fsp3) is 0.500. The number of ether oxygens (including phenoxy) is 2. The summed E-state index contributed by atoms with van der Waals surface area (Å²) in [5, 5.41) is 6.41. The lowest BCUT2D eigenvalue weighted by Crippen LogP contribution is -2.43. The first kappa shape index (κ1) is 33.2. The van der Waals surface area contributed by atoms with Crippen LogP contribution in [-0.4, -0.2) is 41.7 Å². The number of anilines is 1. The zero-order valence-electron chi connectivity index (χ0n) is 25.7. The van der Waals surface area contributed by atoms with E-state index in [1.807, 2.05) is 31.2 Å². The van der Waals surface area contributed by atoms with Crippen LogP contribution in [0.4, 0.5) is 5.69 Å². The quantitative estimate of drug-likeness (QED) is 0.278. The van der Waals surface area contributed by atoms with Crippen LogP contribution in [0.5, 0.6) is 5.75 Å². The number of halogens is 1. The summed E-state index contributed by atoms with van der Waals surface area (Å²) in [6.45, 7) is 13.4. The molecular weight excluding hydrogens is 582 g/mol. The van der Waals surface area contributed by atoms with Gasteiger partial charge in [0.05, 0.1) is 23.6 Å². The maximum atomic E-state index is 13.5. The van der Waals surface area contributed by atoms with Crippen molar-refractivity contribution in [1.29, 1.82) is 0 Å². The zero-order chi connectivity index (χ0) is 31.1. The van der Waals surface area contributed by atoms with E-state index in [-0.39, 0.29) is 12.0 Å². The van der Waals surface area contributed by atoms with E-state index in [1.54, 1.807) is 26.2 Å². The molecule has 2 N–H and O–H groups in total. The largest absolute Gasteiger partial charge is 0.491 e. The van der Waals surface area contributed by atoms with Crippen LogP contribution >= 0.6 is 11.6 Å². The van der Waals surface area contributed by atoms with Gasteiger partial charge >= 0.3 is 0 Å². The molecule has 1 fully saturated rings. The summed E-state index contributed by atoms with van der Waals surface area (Å²) < 4.78 is 29.5. The third kappa shape index (κ3) is 8.09. The molecule has 7 nitrogen and oxygen atoms in total. The Morgan fingerprint density at radius 2 is 2.00 bits per heavy atom. The fourth-order valence-electron chi connectivity index (χ4n) is 6.09. The van der Waals surface area contributed by atoms with Crippen molar-refractivity contribution in [3.8, 4) is 5.75 Å². The molecule has 1 amide bonds. The van der Waals surface area contributed by atoms with Gasteiger partial charge < -0.3 is 14.4 Å². The summed E-state index contributed by atoms with van der Waals surface area (Å²) in [7, 11) is -1.55. The summed E-state index contributed by atoms with van der Waals surface area (Å²) in [6, 6.07) is 11.4. The van der Waals surface area contributed by atoms with E-state index in [0.717, 1.165) is 49.4 Å². The number of nitrogens with two attached hydrogens (primary N) is 1. The van der Waals surface area contributed by atoms with Crippen LogP contribution < -0.4 is 14.8 Å². The fourth-order valence-corrected chi connectivity index (χ4v) is 7.59. The maximum Gasteiger partial charge on any atom is 0.286 e. The van der Waals surface area contributed by atoms with Gasteiger partial charge in [-0.3, -0.25) is 4.79 Å². The minimum absolute atomic E-state index is 0.0145. The molecule has 2 aromatic rings. The average molecular weight is 628 g/mol. The monoisotopic (exact) mass is 627 g/mol. The van der Waals surface area contributed by atoms with Gasteiger partial charge in [-0.25, -0.2) is 9.35 Å². The number of carbonyl (C=O) groups is 1. The molecule has 1 aliphatic heterocycles. The van der Waals surface area contributed by atoms with Gasteiger partial charge in [-0.05, 0) is 105 Å². The van der Waals surface area contributed by atoms with Crippen molar-refractivity contribution >= 4 is 33.1 Å². The SMILES string of the molecule is C=CC[C@H](C)[C@@H](C)S(N)(=O)=NC(=O)c1ccc2c(c1)N(C[C@@H]1CC[C@H]1[C@H](C=C)OC)Cc1ccc(Cl)cc1CCCCO2. The molecular formula is C34H46ClN3O4S. The lowest BCUT2D eigenvalue weighted by molar-refractivity contribution is 0.0137. The number of hydrogen-bond acceptors (Lipinski definition) is 5.